The Kier molecular flexibility index (Phi) is 3.64. The number of oxazole rings is 1. The van der Waals surface area contributed by atoms with E-state index < -0.39 is 11.7 Å². The summed E-state index contributed by atoms with van der Waals surface area (Å²) < 4.78 is 11.0. The molecule has 0 aliphatic heterocycles. The smallest absolute Gasteiger partial charge is 0.225 e. The average Bonchev–Trinajstić information content (AvgIpc) is 3.30. The van der Waals surface area contributed by atoms with E-state index >= 15 is 0 Å². The summed E-state index contributed by atoms with van der Waals surface area (Å²) >= 11 is 0. The van der Waals surface area contributed by atoms with Crippen LogP contribution in [-0.2, 0) is 0 Å². The molecule has 0 saturated carbocycles. The number of fused-ring (bicyclic) bond motifs is 1. The predicted molar refractivity (Wildman–Crippen MR) is 90.8 cm³/mol. The minimum atomic E-state index is -1.17. The molecule has 0 saturated heterocycles. The molecule has 1 atom stereocenters. The van der Waals surface area contributed by atoms with E-state index in [-0.39, 0.29) is 11.7 Å². The number of furan rings is 1. The fourth-order valence-corrected chi connectivity index (χ4v) is 2.72. The van der Waals surface area contributed by atoms with Gasteiger partial charge in [-0.3, -0.25) is 4.79 Å². The van der Waals surface area contributed by atoms with E-state index in [0.717, 1.165) is 5.56 Å². The van der Waals surface area contributed by atoms with E-state index in [1.54, 1.807) is 24.3 Å². The molecule has 4 rings (SSSR count). The molecule has 2 aromatic heterocycles. The second kappa shape index (κ2) is 6.10. The van der Waals surface area contributed by atoms with Crippen molar-refractivity contribution in [2.45, 2.75) is 5.92 Å². The van der Waals surface area contributed by atoms with Crippen LogP contribution in [0.4, 0.5) is 0 Å². The van der Waals surface area contributed by atoms with E-state index in [2.05, 4.69) is 4.98 Å². The SMILES string of the molecule is N#C[C@H](C(=O)c1occc1-c1ccccc1)c1nc2ccccc2o1. The number of nitriles is 1. The summed E-state index contributed by atoms with van der Waals surface area (Å²) in [4.78, 5) is 17.2. The third-order valence-electron chi connectivity index (χ3n) is 3.92. The summed E-state index contributed by atoms with van der Waals surface area (Å²) in [6, 6.07) is 20.2. The summed E-state index contributed by atoms with van der Waals surface area (Å²) in [5.74, 6) is -1.44. The molecule has 4 aromatic rings. The largest absolute Gasteiger partial charge is 0.461 e. The number of carbonyl (C=O) groups excluding carboxylic acids is 1. The number of aromatic nitrogens is 1. The fraction of sp³-hybridized carbons (Fsp3) is 0.0500. The molecular formula is C20H12N2O3. The molecule has 2 heterocycles. The lowest BCUT2D eigenvalue weighted by Crippen LogP contribution is -2.11. The molecule has 0 aliphatic rings. The molecule has 2 aromatic carbocycles. The zero-order valence-corrected chi connectivity index (χ0v) is 13.0. The molecule has 0 aliphatic carbocycles. The Balaban J connectivity index is 1.75. The number of benzene rings is 2. The van der Waals surface area contributed by atoms with E-state index in [9.17, 15) is 10.1 Å². The van der Waals surface area contributed by atoms with Crippen LogP contribution in [0.2, 0.25) is 0 Å². The van der Waals surface area contributed by atoms with Crippen molar-refractivity contribution in [1.29, 1.82) is 5.26 Å². The van der Waals surface area contributed by atoms with E-state index in [0.29, 0.717) is 16.7 Å². The van der Waals surface area contributed by atoms with Gasteiger partial charge in [-0.15, -0.1) is 0 Å². The second-order valence-corrected chi connectivity index (χ2v) is 5.48. The fourth-order valence-electron chi connectivity index (χ4n) is 2.72. The van der Waals surface area contributed by atoms with E-state index in [4.69, 9.17) is 8.83 Å². The van der Waals surface area contributed by atoms with Crippen molar-refractivity contribution in [1.82, 2.24) is 4.98 Å². The van der Waals surface area contributed by atoms with Gasteiger partial charge in [0.15, 0.2) is 17.3 Å². The van der Waals surface area contributed by atoms with Crippen molar-refractivity contribution in [2.75, 3.05) is 0 Å². The van der Waals surface area contributed by atoms with Crippen molar-refractivity contribution in [3.05, 3.63) is 78.6 Å². The maximum Gasteiger partial charge on any atom is 0.225 e. The summed E-state index contributed by atoms with van der Waals surface area (Å²) in [5.41, 5.74) is 2.62. The Hall–Kier alpha value is -3.65. The Morgan fingerprint density at radius 2 is 1.80 bits per heavy atom. The summed E-state index contributed by atoms with van der Waals surface area (Å²) in [7, 11) is 0. The van der Waals surface area contributed by atoms with E-state index in [1.807, 2.05) is 42.5 Å². The first-order chi connectivity index (χ1) is 12.3. The molecule has 0 N–H and O–H groups in total. The maximum absolute atomic E-state index is 12.9. The zero-order valence-electron chi connectivity index (χ0n) is 13.0. The summed E-state index contributed by atoms with van der Waals surface area (Å²) in [6.07, 6.45) is 1.44. The molecule has 25 heavy (non-hydrogen) atoms. The van der Waals surface area contributed by atoms with Gasteiger partial charge in [-0.05, 0) is 23.8 Å². The van der Waals surface area contributed by atoms with Gasteiger partial charge in [-0.1, -0.05) is 42.5 Å². The maximum atomic E-state index is 12.9. The van der Waals surface area contributed by atoms with Crippen LogP contribution in [0.5, 0.6) is 0 Å². The van der Waals surface area contributed by atoms with Gasteiger partial charge in [0, 0.05) is 5.56 Å². The Bertz CT molecular complexity index is 1050. The predicted octanol–water partition coefficient (Wildman–Crippen LogP) is 4.58. The normalized spacial score (nSPS) is 12.0. The van der Waals surface area contributed by atoms with Crippen molar-refractivity contribution in [2.24, 2.45) is 0 Å². The van der Waals surface area contributed by atoms with Gasteiger partial charge >= 0.3 is 0 Å². The number of Topliss-reactive ketones (excluding diaryl/α,β-unsaturated/α-hetero) is 1. The van der Waals surface area contributed by atoms with Crippen LogP contribution in [0, 0.1) is 11.3 Å². The van der Waals surface area contributed by atoms with Crippen LogP contribution in [0.1, 0.15) is 22.4 Å². The van der Waals surface area contributed by atoms with Crippen molar-refractivity contribution in [3.63, 3.8) is 0 Å². The number of hydrogen-bond donors (Lipinski definition) is 0. The molecule has 5 nitrogen and oxygen atoms in total. The van der Waals surface area contributed by atoms with Crippen LogP contribution >= 0.6 is 0 Å². The lowest BCUT2D eigenvalue weighted by molar-refractivity contribution is 0.0944. The molecule has 0 unspecified atom stereocenters. The molecular weight excluding hydrogens is 316 g/mol. The van der Waals surface area contributed by atoms with Gasteiger partial charge in [0.05, 0.1) is 12.3 Å². The molecule has 0 spiro atoms. The first kappa shape index (κ1) is 14.9. The van der Waals surface area contributed by atoms with Gasteiger partial charge in [0.1, 0.15) is 5.52 Å². The molecule has 120 valence electrons. The molecule has 0 radical (unpaired) electrons. The van der Waals surface area contributed by atoms with Crippen molar-refractivity contribution in [3.8, 4) is 17.2 Å². The third-order valence-corrected chi connectivity index (χ3v) is 3.92. The van der Waals surface area contributed by atoms with Crippen LogP contribution in [0.15, 0.2) is 75.8 Å². The number of hydrogen-bond acceptors (Lipinski definition) is 5. The van der Waals surface area contributed by atoms with E-state index in [1.165, 1.54) is 6.26 Å². The Morgan fingerprint density at radius 3 is 2.56 bits per heavy atom. The molecule has 0 amide bonds. The summed E-state index contributed by atoms with van der Waals surface area (Å²) in [5, 5.41) is 9.52. The highest BCUT2D eigenvalue weighted by Crippen LogP contribution is 2.30. The highest BCUT2D eigenvalue weighted by molar-refractivity contribution is 6.05. The first-order valence-corrected chi connectivity index (χ1v) is 7.70. The van der Waals surface area contributed by atoms with Crippen LogP contribution in [0.3, 0.4) is 0 Å². The quantitative estimate of drug-likeness (QED) is 0.512. The van der Waals surface area contributed by atoms with Crippen molar-refractivity contribution >= 4 is 16.9 Å². The van der Waals surface area contributed by atoms with Gasteiger partial charge in [0.25, 0.3) is 0 Å². The lowest BCUT2D eigenvalue weighted by Gasteiger charge is -2.05. The summed E-state index contributed by atoms with van der Waals surface area (Å²) in [6.45, 7) is 0. The van der Waals surface area contributed by atoms with Crippen LogP contribution in [-0.4, -0.2) is 10.8 Å². The molecule has 5 heteroatoms. The Labute approximate surface area is 143 Å². The van der Waals surface area contributed by atoms with Gasteiger partial charge in [0.2, 0.25) is 11.7 Å². The lowest BCUT2D eigenvalue weighted by atomic mass is 9.98. The van der Waals surface area contributed by atoms with Gasteiger partial charge < -0.3 is 8.83 Å². The van der Waals surface area contributed by atoms with Crippen LogP contribution < -0.4 is 0 Å². The number of rotatable bonds is 4. The van der Waals surface area contributed by atoms with Gasteiger partial charge in [-0.25, -0.2) is 4.98 Å². The minimum absolute atomic E-state index is 0.0733. The standard InChI is InChI=1S/C20H12N2O3/c21-12-15(20-22-16-8-4-5-9-17(16)25-20)18(23)19-14(10-11-24-19)13-6-2-1-3-7-13/h1-11,15H/t15-/m1/s1. The van der Waals surface area contributed by atoms with Gasteiger partial charge in [-0.2, -0.15) is 5.26 Å². The topological polar surface area (TPSA) is 80.0 Å². The molecule has 0 fully saturated rings. The number of para-hydroxylation sites is 2. The first-order valence-electron chi connectivity index (χ1n) is 7.70. The molecule has 0 bridgehead atoms. The second-order valence-electron chi connectivity index (χ2n) is 5.48. The number of carbonyl (C=O) groups is 1. The number of nitrogens with zero attached hydrogens (tertiary/aromatic N) is 2. The zero-order chi connectivity index (χ0) is 17.2. The highest BCUT2D eigenvalue weighted by atomic mass is 16.4. The van der Waals surface area contributed by atoms with Crippen LogP contribution in [0.25, 0.3) is 22.2 Å². The highest BCUT2D eigenvalue weighted by Gasteiger charge is 2.31. The Morgan fingerprint density at radius 1 is 1.04 bits per heavy atom. The monoisotopic (exact) mass is 328 g/mol. The van der Waals surface area contributed by atoms with Crippen molar-refractivity contribution < 1.29 is 13.6 Å². The minimum Gasteiger partial charge on any atom is -0.461 e. The third kappa shape index (κ3) is 2.60. The average molecular weight is 328 g/mol. The number of ketones is 1.